The molecule has 1 fully saturated rings. The van der Waals surface area contributed by atoms with Gasteiger partial charge in [0.1, 0.15) is 5.60 Å². The van der Waals surface area contributed by atoms with Crippen LogP contribution < -0.4 is 10.6 Å². The molecule has 1 amide bonds. The third-order valence-electron chi connectivity index (χ3n) is 3.41. The van der Waals surface area contributed by atoms with Crippen LogP contribution in [0.3, 0.4) is 0 Å². The molecular formula is C13H26N2O2. The Balaban J connectivity index is 2.25. The van der Waals surface area contributed by atoms with Gasteiger partial charge in [-0.2, -0.15) is 0 Å². The maximum Gasteiger partial charge on any atom is 0.407 e. The van der Waals surface area contributed by atoms with Gasteiger partial charge in [-0.05, 0) is 52.0 Å². The van der Waals surface area contributed by atoms with E-state index in [1.165, 1.54) is 6.42 Å². The molecule has 4 nitrogen and oxygen atoms in total. The van der Waals surface area contributed by atoms with Gasteiger partial charge in [-0.25, -0.2) is 4.79 Å². The van der Waals surface area contributed by atoms with Gasteiger partial charge in [-0.3, -0.25) is 0 Å². The molecule has 1 unspecified atom stereocenters. The predicted octanol–water partition coefficient (Wildman–Crippen LogP) is 2.29. The van der Waals surface area contributed by atoms with Gasteiger partial charge in [0.2, 0.25) is 0 Å². The predicted molar refractivity (Wildman–Crippen MR) is 69.1 cm³/mol. The lowest BCUT2D eigenvalue weighted by Gasteiger charge is -2.27. The van der Waals surface area contributed by atoms with E-state index in [1.807, 2.05) is 20.8 Å². The maximum atomic E-state index is 11.5. The molecule has 17 heavy (non-hydrogen) atoms. The molecule has 0 aliphatic carbocycles. The molecule has 0 radical (unpaired) electrons. The van der Waals surface area contributed by atoms with Crippen molar-refractivity contribution in [3.63, 3.8) is 0 Å². The minimum atomic E-state index is -0.415. The van der Waals surface area contributed by atoms with Gasteiger partial charge in [0.15, 0.2) is 0 Å². The summed E-state index contributed by atoms with van der Waals surface area (Å²) in [6.07, 6.45) is 3.08. The summed E-state index contributed by atoms with van der Waals surface area (Å²) < 4.78 is 5.20. The van der Waals surface area contributed by atoms with Crippen LogP contribution in [-0.2, 0) is 4.74 Å². The van der Waals surface area contributed by atoms with Crippen LogP contribution in [0.2, 0.25) is 0 Å². The smallest absolute Gasteiger partial charge is 0.407 e. The van der Waals surface area contributed by atoms with Gasteiger partial charge < -0.3 is 15.4 Å². The van der Waals surface area contributed by atoms with Crippen molar-refractivity contribution in [1.82, 2.24) is 10.6 Å². The first-order valence-corrected chi connectivity index (χ1v) is 6.54. The first-order chi connectivity index (χ1) is 7.87. The van der Waals surface area contributed by atoms with E-state index >= 15 is 0 Å². The summed E-state index contributed by atoms with van der Waals surface area (Å²) >= 11 is 0. The molecule has 0 aromatic carbocycles. The highest BCUT2D eigenvalue weighted by Crippen LogP contribution is 2.32. The fourth-order valence-corrected chi connectivity index (χ4v) is 2.23. The number of alkyl carbamates (subject to hydrolysis) is 1. The Labute approximate surface area is 104 Å². The topological polar surface area (TPSA) is 50.4 Å². The van der Waals surface area contributed by atoms with Crippen LogP contribution in [0.25, 0.3) is 0 Å². The first-order valence-electron chi connectivity index (χ1n) is 6.54. The van der Waals surface area contributed by atoms with E-state index in [4.69, 9.17) is 4.74 Å². The summed E-state index contributed by atoms with van der Waals surface area (Å²) in [6, 6.07) is 0. The molecule has 1 heterocycles. The second-order valence-electron chi connectivity index (χ2n) is 5.96. The van der Waals surface area contributed by atoms with Crippen LogP contribution in [0, 0.1) is 5.41 Å². The standard InChI is InChI=1S/C13H26N2O2/c1-5-13(6-8-14-10-13)7-9-15-11(16)17-12(2,3)4/h14H,5-10H2,1-4H3,(H,15,16). The second-order valence-corrected chi connectivity index (χ2v) is 5.96. The zero-order valence-corrected chi connectivity index (χ0v) is 11.6. The number of carbonyl (C=O) groups is 1. The molecule has 1 aliphatic heterocycles. The molecule has 1 atom stereocenters. The maximum absolute atomic E-state index is 11.5. The highest BCUT2D eigenvalue weighted by atomic mass is 16.6. The van der Waals surface area contributed by atoms with Gasteiger partial charge in [-0.1, -0.05) is 6.92 Å². The largest absolute Gasteiger partial charge is 0.444 e. The molecule has 1 aliphatic rings. The number of hydrogen-bond acceptors (Lipinski definition) is 3. The molecule has 4 heteroatoms. The number of rotatable bonds is 4. The van der Waals surface area contributed by atoms with Crippen LogP contribution in [0.15, 0.2) is 0 Å². The van der Waals surface area contributed by atoms with Crippen molar-refractivity contribution in [2.24, 2.45) is 5.41 Å². The molecule has 2 N–H and O–H groups in total. The zero-order chi connectivity index (χ0) is 12.9. The van der Waals surface area contributed by atoms with Crippen LogP contribution in [0.5, 0.6) is 0 Å². The number of nitrogens with one attached hydrogen (secondary N) is 2. The SMILES string of the molecule is CCC1(CCNC(=O)OC(C)(C)C)CCNC1. The summed E-state index contributed by atoms with van der Waals surface area (Å²) in [5.74, 6) is 0. The molecule has 1 rings (SSSR count). The monoisotopic (exact) mass is 242 g/mol. The third-order valence-corrected chi connectivity index (χ3v) is 3.41. The van der Waals surface area contributed by atoms with E-state index in [-0.39, 0.29) is 6.09 Å². The third kappa shape index (κ3) is 4.94. The van der Waals surface area contributed by atoms with E-state index < -0.39 is 5.60 Å². The highest BCUT2D eigenvalue weighted by Gasteiger charge is 2.31. The Hall–Kier alpha value is -0.770. The van der Waals surface area contributed by atoms with Crippen LogP contribution in [0.1, 0.15) is 47.0 Å². The lowest BCUT2D eigenvalue weighted by Crippen LogP contribution is -2.35. The van der Waals surface area contributed by atoms with Crippen molar-refractivity contribution in [1.29, 1.82) is 0 Å². The minimum Gasteiger partial charge on any atom is -0.444 e. The molecule has 0 aromatic rings. The van der Waals surface area contributed by atoms with Gasteiger partial charge in [-0.15, -0.1) is 0 Å². The van der Waals surface area contributed by atoms with Gasteiger partial charge >= 0.3 is 6.09 Å². The van der Waals surface area contributed by atoms with E-state index in [9.17, 15) is 4.79 Å². The minimum absolute atomic E-state index is 0.310. The normalized spacial score (nSPS) is 24.7. The van der Waals surface area contributed by atoms with Gasteiger partial charge in [0.25, 0.3) is 0 Å². The second kappa shape index (κ2) is 5.71. The Kier molecular flexibility index (Phi) is 4.80. The summed E-state index contributed by atoms with van der Waals surface area (Å²) in [6.45, 7) is 10.7. The Morgan fingerprint density at radius 2 is 2.18 bits per heavy atom. The van der Waals surface area contributed by atoms with Crippen LogP contribution in [-0.4, -0.2) is 31.3 Å². The fourth-order valence-electron chi connectivity index (χ4n) is 2.23. The molecule has 0 spiro atoms. The summed E-state index contributed by atoms with van der Waals surface area (Å²) in [4.78, 5) is 11.5. The molecule has 0 aromatic heterocycles. The van der Waals surface area contributed by atoms with Crippen molar-refractivity contribution in [3.8, 4) is 0 Å². The van der Waals surface area contributed by atoms with E-state index in [2.05, 4.69) is 17.6 Å². The number of carbonyl (C=O) groups excluding carboxylic acids is 1. The average Bonchev–Trinajstić information content (AvgIpc) is 2.64. The molecule has 0 bridgehead atoms. The van der Waals surface area contributed by atoms with E-state index in [1.54, 1.807) is 0 Å². The molecule has 100 valence electrons. The molecule has 1 saturated heterocycles. The zero-order valence-electron chi connectivity index (χ0n) is 11.6. The van der Waals surface area contributed by atoms with Crippen LogP contribution >= 0.6 is 0 Å². The Morgan fingerprint density at radius 1 is 1.47 bits per heavy atom. The molecule has 0 saturated carbocycles. The van der Waals surface area contributed by atoms with Crippen molar-refractivity contribution in [2.45, 2.75) is 52.6 Å². The van der Waals surface area contributed by atoms with Crippen molar-refractivity contribution in [2.75, 3.05) is 19.6 Å². The summed E-state index contributed by atoms with van der Waals surface area (Å²) in [7, 11) is 0. The van der Waals surface area contributed by atoms with Crippen molar-refractivity contribution < 1.29 is 9.53 Å². The number of amides is 1. The van der Waals surface area contributed by atoms with Crippen LogP contribution in [0.4, 0.5) is 4.79 Å². The first kappa shape index (κ1) is 14.3. The fraction of sp³-hybridized carbons (Fsp3) is 0.923. The summed E-state index contributed by atoms with van der Waals surface area (Å²) in [5.41, 5.74) is -0.0452. The Bertz CT molecular complexity index is 253. The quantitative estimate of drug-likeness (QED) is 0.795. The molecular weight excluding hydrogens is 216 g/mol. The average molecular weight is 242 g/mol. The summed E-state index contributed by atoms with van der Waals surface area (Å²) in [5, 5.41) is 6.23. The number of hydrogen-bond donors (Lipinski definition) is 2. The van der Waals surface area contributed by atoms with Gasteiger partial charge in [0, 0.05) is 13.1 Å². The van der Waals surface area contributed by atoms with Gasteiger partial charge in [0.05, 0.1) is 0 Å². The lowest BCUT2D eigenvalue weighted by atomic mass is 9.81. The van der Waals surface area contributed by atoms with E-state index in [0.717, 1.165) is 25.9 Å². The van der Waals surface area contributed by atoms with Crippen molar-refractivity contribution >= 4 is 6.09 Å². The highest BCUT2D eigenvalue weighted by molar-refractivity contribution is 5.67. The lowest BCUT2D eigenvalue weighted by molar-refractivity contribution is 0.0520. The Morgan fingerprint density at radius 3 is 2.65 bits per heavy atom. The van der Waals surface area contributed by atoms with Crippen molar-refractivity contribution in [3.05, 3.63) is 0 Å². The van der Waals surface area contributed by atoms with E-state index in [0.29, 0.717) is 12.0 Å². The number of ether oxygens (including phenoxy) is 1.